The monoisotopic (exact) mass is 407 g/mol. The second kappa shape index (κ2) is 8.45. The van der Waals surface area contributed by atoms with E-state index < -0.39 is 30.3 Å². The first-order valence-corrected chi connectivity index (χ1v) is 8.63. The molecule has 0 aliphatic carbocycles. The molecule has 1 heterocycles. The highest BCUT2D eigenvalue weighted by molar-refractivity contribution is 6.32. The molecule has 2 aromatic rings. The van der Waals surface area contributed by atoms with Gasteiger partial charge in [0.1, 0.15) is 17.5 Å². The molecule has 0 spiro atoms. The Morgan fingerprint density at radius 3 is 2.75 bits per heavy atom. The van der Waals surface area contributed by atoms with Gasteiger partial charge in [0.25, 0.3) is 0 Å². The van der Waals surface area contributed by atoms with Gasteiger partial charge in [0.05, 0.1) is 31.7 Å². The zero-order chi connectivity index (χ0) is 20.3. The lowest BCUT2D eigenvalue weighted by atomic mass is 10.00. The summed E-state index contributed by atoms with van der Waals surface area (Å²) >= 11 is 5.99. The number of hydrogen-bond acceptors (Lipinski definition) is 5. The molecule has 2 N–H and O–H groups in total. The van der Waals surface area contributed by atoms with Crippen molar-refractivity contribution in [2.45, 2.75) is 6.04 Å². The molecular weight excluding hydrogens is 392 g/mol. The van der Waals surface area contributed by atoms with Gasteiger partial charge >= 0.3 is 5.97 Å². The number of rotatable bonds is 4. The third kappa shape index (κ3) is 4.02. The summed E-state index contributed by atoms with van der Waals surface area (Å²) in [7, 11) is 1.16. The minimum atomic E-state index is -1.20. The summed E-state index contributed by atoms with van der Waals surface area (Å²) in [4.78, 5) is 20.1. The number of hydrogen-bond donors (Lipinski definition) is 2. The molecule has 146 valence electrons. The fraction of sp³-hybridized carbons (Fsp3) is 0.211. The Morgan fingerprint density at radius 2 is 2.07 bits per heavy atom. The van der Waals surface area contributed by atoms with Crippen LogP contribution >= 0.6 is 11.6 Å². The van der Waals surface area contributed by atoms with E-state index in [1.807, 2.05) is 0 Å². The summed E-state index contributed by atoms with van der Waals surface area (Å²) in [5.74, 6) is -1.87. The van der Waals surface area contributed by atoms with Crippen LogP contribution < -0.4 is 5.32 Å². The van der Waals surface area contributed by atoms with E-state index in [1.165, 1.54) is 24.3 Å². The summed E-state index contributed by atoms with van der Waals surface area (Å²) in [5.41, 5.74) is 0.592. The van der Waals surface area contributed by atoms with Crippen LogP contribution in [0.5, 0.6) is 0 Å². The van der Waals surface area contributed by atoms with E-state index in [2.05, 4.69) is 20.0 Å². The molecule has 0 fully saturated rings. The molecule has 0 amide bonds. The Morgan fingerprint density at radius 1 is 1.32 bits per heavy atom. The largest absolute Gasteiger partial charge is 0.467 e. The molecule has 2 aromatic carbocycles. The maximum absolute atomic E-state index is 14.6. The van der Waals surface area contributed by atoms with Gasteiger partial charge in [0.15, 0.2) is 6.04 Å². The number of carbonyl (C=O) groups is 1. The number of fused-ring (bicyclic) bond motifs is 1. The quantitative estimate of drug-likeness (QED) is 0.763. The second-order valence-electron chi connectivity index (χ2n) is 5.88. The minimum Gasteiger partial charge on any atom is -0.467 e. The smallest absolute Gasteiger partial charge is 0.333 e. The predicted molar refractivity (Wildman–Crippen MR) is 102 cm³/mol. The maximum Gasteiger partial charge on any atom is 0.333 e. The fourth-order valence-corrected chi connectivity index (χ4v) is 2.96. The van der Waals surface area contributed by atoms with Crippen molar-refractivity contribution in [3.63, 3.8) is 0 Å². The minimum absolute atomic E-state index is 0.00999. The van der Waals surface area contributed by atoms with Crippen LogP contribution in [0.15, 0.2) is 46.4 Å². The molecule has 1 aliphatic heterocycles. The number of nitrogens with one attached hydrogen (secondary N) is 1. The van der Waals surface area contributed by atoms with Gasteiger partial charge in [-0.25, -0.2) is 13.6 Å². The summed E-state index contributed by atoms with van der Waals surface area (Å²) in [5, 5.41) is 12.3. The third-order valence-corrected chi connectivity index (χ3v) is 4.27. The van der Waals surface area contributed by atoms with Gasteiger partial charge < -0.3 is 15.2 Å². The molecule has 28 heavy (non-hydrogen) atoms. The van der Waals surface area contributed by atoms with Crippen molar-refractivity contribution in [2.24, 2.45) is 9.98 Å². The van der Waals surface area contributed by atoms with Crippen LogP contribution in [0.1, 0.15) is 11.1 Å². The van der Waals surface area contributed by atoms with Crippen LogP contribution in [0, 0.1) is 11.6 Å². The van der Waals surface area contributed by atoms with Crippen LogP contribution in [-0.4, -0.2) is 48.9 Å². The van der Waals surface area contributed by atoms with E-state index >= 15 is 0 Å². The standard InChI is InChI=1S/C19H16ClF2N3O3/c1-28-19(27)15(9-26)24-16-8-23-17(11-4-2-3-5-13(11)21)12-6-10(20)7-14(22)18(12)25-16/h2-7,15,26H,8-9H2,1H3,(H,24,25). The van der Waals surface area contributed by atoms with Crippen LogP contribution in [0.3, 0.4) is 0 Å². The number of nitrogens with zero attached hydrogens (tertiary/aromatic N) is 2. The molecule has 9 heteroatoms. The third-order valence-electron chi connectivity index (χ3n) is 4.05. The molecule has 1 unspecified atom stereocenters. The van der Waals surface area contributed by atoms with Crippen LogP contribution in [0.25, 0.3) is 0 Å². The molecule has 0 saturated heterocycles. The number of methoxy groups -OCH3 is 1. The summed E-state index contributed by atoms with van der Waals surface area (Å²) in [6, 6.07) is 7.31. The Labute approximate surface area is 164 Å². The lowest BCUT2D eigenvalue weighted by Crippen LogP contribution is -2.28. The molecule has 0 aromatic heterocycles. The highest BCUT2D eigenvalue weighted by Crippen LogP contribution is 2.30. The number of carbonyl (C=O) groups excluding carboxylic acids is 1. The molecule has 0 radical (unpaired) electrons. The van der Waals surface area contributed by atoms with Crippen molar-refractivity contribution < 1.29 is 23.4 Å². The first-order chi connectivity index (χ1) is 13.4. The number of anilines is 1. The average molecular weight is 408 g/mol. The molecule has 0 bridgehead atoms. The van der Waals surface area contributed by atoms with Crippen LogP contribution in [0.2, 0.25) is 5.02 Å². The number of aliphatic hydroxyl groups is 1. The number of benzene rings is 2. The zero-order valence-electron chi connectivity index (χ0n) is 14.7. The predicted octanol–water partition coefficient (Wildman–Crippen LogP) is 2.81. The van der Waals surface area contributed by atoms with Crippen molar-refractivity contribution in [3.05, 3.63) is 64.2 Å². The molecule has 3 rings (SSSR count). The Kier molecular flexibility index (Phi) is 6.01. The van der Waals surface area contributed by atoms with Crippen molar-refractivity contribution >= 4 is 34.8 Å². The highest BCUT2D eigenvalue weighted by Gasteiger charge is 2.24. The zero-order valence-corrected chi connectivity index (χ0v) is 15.5. The Hall–Kier alpha value is -2.84. The van der Waals surface area contributed by atoms with Gasteiger partial charge in [-0.2, -0.15) is 0 Å². The van der Waals surface area contributed by atoms with E-state index in [0.29, 0.717) is 0 Å². The molecule has 1 aliphatic rings. The first-order valence-electron chi connectivity index (χ1n) is 8.25. The fourth-order valence-electron chi connectivity index (χ4n) is 2.76. The van der Waals surface area contributed by atoms with Gasteiger partial charge in [-0.05, 0) is 24.3 Å². The van der Waals surface area contributed by atoms with Gasteiger partial charge in [-0.1, -0.05) is 23.7 Å². The number of halogens is 3. The Balaban J connectivity index is 2.15. The average Bonchev–Trinajstić information content (AvgIpc) is 2.85. The summed E-state index contributed by atoms with van der Waals surface area (Å²) in [6.45, 7) is -0.708. The molecular formula is C19H16ClF2N3O3. The molecule has 1 atom stereocenters. The normalized spacial score (nSPS) is 15.9. The number of esters is 1. The van der Waals surface area contributed by atoms with Crippen molar-refractivity contribution in [2.75, 3.05) is 25.6 Å². The van der Waals surface area contributed by atoms with Gasteiger partial charge in [-0.3, -0.25) is 9.98 Å². The lowest BCUT2D eigenvalue weighted by Gasteiger charge is -2.14. The molecule has 6 nitrogen and oxygen atoms in total. The Bertz CT molecular complexity index is 979. The SMILES string of the molecule is COC(=O)C(CO)N=C1CN=C(c2ccccc2F)c2cc(Cl)cc(F)c2N1. The number of ether oxygens (including phenoxy) is 1. The summed E-state index contributed by atoms with van der Waals surface area (Å²) in [6.07, 6.45) is 0. The van der Waals surface area contributed by atoms with Crippen LogP contribution in [-0.2, 0) is 9.53 Å². The van der Waals surface area contributed by atoms with Crippen molar-refractivity contribution in [3.8, 4) is 0 Å². The number of aliphatic imine (C=N–C) groups is 2. The lowest BCUT2D eigenvalue weighted by molar-refractivity contribution is -0.142. The second-order valence-corrected chi connectivity index (χ2v) is 6.31. The topological polar surface area (TPSA) is 83.3 Å². The van der Waals surface area contributed by atoms with Gasteiger partial charge in [0.2, 0.25) is 0 Å². The first kappa shape index (κ1) is 19.9. The number of aliphatic hydroxyl groups excluding tert-OH is 1. The van der Waals surface area contributed by atoms with E-state index in [1.54, 1.807) is 6.07 Å². The maximum atomic E-state index is 14.6. The van der Waals surface area contributed by atoms with E-state index in [4.69, 9.17) is 11.6 Å². The van der Waals surface area contributed by atoms with E-state index in [0.717, 1.165) is 13.2 Å². The molecule has 0 saturated carbocycles. The van der Waals surface area contributed by atoms with Gasteiger partial charge in [0, 0.05) is 16.1 Å². The summed E-state index contributed by atoms with van der Waals surface area (Å²) < 4.78 is 33.6. The van der Waals surface area contributed by atoms with Gasteiger partial charge in [-0.15, -0.1) is 0 Å². The van der Waals surface area contributed by atoms with E-state index in [-0.39, 0.29) is 39.9 Å². The van der Waals surface area contributed by atoms with Crippen molar-refractivity contribution in [1.82, 2.24) is 0 Å². The highest BCUT2D eigenvalue weighted by atomic mass is 35.5. The van der Waals surface area contributed by atoms with Crippen LogP contribution in [0.4, 0.5) is 14.5 Å². The number of amidine groups is 1. The van der Waals surface area contributed by atoms with Crippen molar-refractivity contribution in [1.29, 1.82) is 0 Å². The number of benzodiazepines with no additional fused rings is 1. The van der Waals surface area contributed by atoms with E-state index in [9.17, 15) is 18.7 Å².